The zero-order chi connectivity index (χ0) is 17.3. The lowest BCUT2D eigenvalue weighted by molar-refractivity contribution is -0.150. The van der Waals surface area contributed by atoms with Gasteiger partial charge in [-0.05, 0) is 29.3 Å². The Labute approximate surface area is 141 Å². The first-order valence-corrected chi connectivity index (χ1v) is 7.61. The number of piperidine rings is 1. The van der Waals surface area contributed by atoms with Crippen LogP contribution in [0.1, 0.15) is 19.8 Å². The summed E-state index contributed by atoms with van der Waals surface area (Å²) in [6.07, 6.45) is 1.62. The number of carbonyl (C=O) groups is 4. The van der Waals surface area contributed by atoms with Gasteiger partial charge < -0.3 is 4.74 Å². The Bertz CT molecular complexity index is 692. The first-order chi connectivity index (χ1) is 10.8. The van der Waals surface area contributed by atoms with Gasteiger partial charge in [-0.2, -0.15) is 0 Å². The second-order valence-corrected chi connectivity index (χ2v) is 5.89. The molecule has 1 atom stereocenters. The van der Waals surface area contributed by atoms with Crippen LogP contribution in [-0.4, -0.2) is 41.7 Å². The molecule has 0 saturated carbocycles. The van der Waals surface area contributed by atoms with E-state index in [9.17, 15) is 19.2 Å². The monoisotopic (exact) mass is 382 g/mol. The Balaban J connectivity index is 2.42. The fourth-order valence-corrected chi connectivity index (χ4v) is 2.91. The highest BCUT2D eigenvalue weighted by molar-refractivity contribution is 9.11. The number of hydrogen-bond acceptors (Lipinski definition) is 5. The smallest absolute Gasteiger partial charge is 0.265 e. The fourth-order valence-electron chi connectivity index (χ4n) is 2.55. The highest BCUT2D eigenvalue weighted by Crippen LogP contribution is 2.33. The van der Waals surface area contributed by atoms with E-state index in [1.165, 1.54) is 20.1 Å². The number of rotatable bonds is 4. The lowest BCUT2D eigenvalue weighted by atomic mass is 10.0. The average Bonchev–Trinajstić information content (AvgIpc) is 2.72. The molecule has 0 spiro atoms. The Morgan fingerprint density at radius 1 is 1.35 bits per heavy atom. The zero-order valence-corrected chi connectivity index (χ0v) is 14.2. The van der Waals surface area contributed by atoms with Crippen molar-refractivity contribution >= 4 is 39.6 Å². The van der Waals surface area contributed by atoms with E-state index in [1.54, 1.807) is 0 Å². The van der Waals surface area contributed by atoms with Gasteiger partial charge in [0.2, 0.25) is 11.8 Å². The zero-order valence-electron chi connectivity index (χ0n) is 12.6. The third kappa shape index (κ3) is 2.86. The summed E-state index contributed by atoms with van der Waals surface area (Å²) in [6.45, 7) is 5.07. The summed E-state index contributed by atoms with van der Waals surface area (Å²) in [5.74, 6) is -2.09. The lowest BCUT2D eigenvalue weighted by Gasteiger charge is -2.28. The molecule has 23 heavy (non-hydrogen) atoms. The van der Waals surface area contributed by atoms with Crippen LogP contribution in [0.2, 0.25) is 0 Å². The van der Waals surface area contributed by atoms with E-state index in [0.29, 0.717) is 4.48 Å². The maximum absolute atomic E-state index is 12.7. The second kappa shape index (κ2) is 6.49. The molecular formula is C15H15BrN2O5. The van der Waals surface area contributed by atoms with Crippen LogP contribution in [0.3, 0.4) is 0 Å². The van der Waals surface area contributed by atoms with E-state index in [0.717, 1.165) is 4.90 Å². The van der Waals surface area contributed by atoms with Gasteiger partial charge in [0.1, 0.15) is 11.8 Å². The highest BCUT2D eigenvalue weighted by atomic mass is 79.9. The van der Waals surface area contributed by atoms with Gasteiger partial charge in [0.15, 0.2) is 0 Å². The van der Waals surface area contributed by atoms with Crippen molar-refractivity contribution < 1.29 is 23.9 Å². The Hall–Kier alpha value is -2.22. The first-order valence-electron chi connectivity index (χ1n) is 6.82. The molecule has 0 aromatic carbocycles. The quantitative estimate of drug-likeness (QED) is 0.443. The lowest BCUT2D eigenvalue weighted by Crippen LogP contribution is -2.54. The molecule has 122 valence electrons. The van der Waals surface area contributed by atoms with Crippen LogP contribution >= 0.6 is 15.9 Å². The van der Waals surface area contributed by atoms with Crippen molar-refractivity contribution in [3.05, 3.63) is 34.0 Å². The molecule has 7 nitrogen and oxygen atoms in total. The minimum atomic E-state index is -0.999. The van der Waals surface area contributed by atoms with Crippen LogP contribution in [0.5, 0.6) is 0 Å². The Morgan fingerprint density at radius 2 is 2.00 bits per heavy atom. The molecule has 4 amide bonds. The number of methoxy groups -OCH3 is 1. The SMILES string of the molecule is C=C/C(Br)=C(/OC)C1=C(C)C(=O)N(C2CCC(=O)NC2=O)C1=O. The predicted octanol–water partition coefficient (Wildman–Crippen LogP) is 0.916. The summed E-state index contributed by atoms with van der Waals surface area (Å²) < 4.78 is 5.62. The normalized spacial score (nSPS) is 23.1. The summed E-state index contributed by atoms with van der Waals surface area (Å²) in [5.41, 5.74) is 0.254. The number of hydrogen-bond donors (Lipinski definition) is 1. The minimum absolute atomic E-state index is 0.0746. The third-order valence-electron chi connectivity index (χ3n) is 3.70. The molecule has 0 aromatic heterocycles. The van der Waals surface area contributed by atoms with Crippen molar-refractivity contribution in [3.63, 3.8) is 0 Å². The molecule has 0 radical (unpaired) electrons. The highest BCUT2D eigenvalue weighted by Gasteiger charge is 2.46. The number of nitrogens with zero attached hydrogens (tertiary/aromatic N) is 1. The van der Waals surface area contributed by atoms with Crippen LogP contribution in [0.4, 0.5) is 0 Å². The molecule has 0 bridgehead atoms. The maximum Gasteiger partial charge on any atom is 0.265 e. The second-order valence-electron chi connectivity index (χ2n) is 5.03. The van der Waals surface area contributed by atoms with Crippen molar-refractivity contribution in [3.8, 4) is 0 Å². The van der Waals surface area contributed by atoms with Crippen LogP contribution < -0.4 is 5.32 Å². The number of nitrogens with one attached hydrogen (secondary N) is 1. The first kappa shape index (κ1) is 17.1. The standard InChI is InChI=1S/C15H15BrN2O5/c1-4-8(16)12(23-3)11-7(2)14(21)18(15(11)22)9-5-6-10(19)17-13(9)20/h4,9H,1,5-6H2,2-3H3,(H,17,19,20)/b12-8-. The van der Waals surface area contributed by atoms with Gasteiger partial charge in [0, 0.05) is 12.0 Å². The molecule has 2 aliphatic heterocycles. The van der Waals surface area contributed by atoms with Gasteiger partial charge >= 0.3 is 0 Å². The van der Waals surface area contributed by atoms with Crippen molar-refractivity contribution in [1.82, 2.24) is 10.2 Å². The average molecular weight is 383 g/mol. The van der Waals surface area contributed by atoms with E-state index < -0.39 is 29.7 Å². The van der Waals surface area contributed by atoms with Crippen molar-refractivity contribution in [2.45, 2.75) is 25.8 Å². The van der Waals surface area contributed by atoms with E-state index in [2.05, 4.69) is 27.8 Å². The molecule has 1 N–H and O–H groups in total. The third-order valence-corrected chi connectivity index (χ3v) is 4.38. The molecule has 1 saturated heterocycles. The van der Waals surface area contributed by atoms with E-state index in [4.69, 9.17) is 4.74 Å². The maximum atomic E-state index is 12.7. The van der Waals surface area contributed by atoms with Crippen molar-refractivity contribution in [2.75, 3.05) is 7.11 Å². The summed E-state index contributed by atoms with van der Waals surface area (Å²) in [4.78, 5) is 49.2. The van der Waals surface area contributed by atoms with Gasteiger partial charge in [-0.25, -0.2) is 0 Å². The number of allylic oxidation sites excluding steroid dienone is 2. The minimum Gasteiger partial charge on any atom is -0.495 e. The molecule has 0 aliphatic carbocycles. The summed E-state index contributed by atoms with van der Waals surface area (Å²) in [6, 6.07) is -0.999. The molecule has 0 aromatic rings. The van der Waals surface area contributed by atoms with Crippen molar-refractivity contribution in [2.24, 2.45) is 0 Å². The van der Waals surface area contributed by atoms with Crippen LogP contribution in [0.15, 0.2) is 34.0 Å². The van der Waals surface area contributed by atoms with Gasteiger partial charge in [0.05, 0.1) is 17.2 Å². The largest absolute Gasteiger partial charge is 0.495 e. The van der Waals surface area contributed by atoms with Gasteiger partial charge in [-0.1, -0.05) is 12.7 Å². The number of amides is 4. The van der Waals surface area contributed by atoms with Gasteiger partial charge in [-0.15, -0.1) is 0 Å². The number of halogens is 1. The predicted molar refractivity (Wildman–Crippen MR) is 83.9 cm³/mol. The van der Waals surface area contributed by atoms with E-state index >= 15 is 0 Å². The number of imide groups is 2. The molecular weight excluding hydrogens is 368 g/mol. The van der Waals surface area contributed by atoms with Gasteiger partial charge in [-0.3, -0.25) is 29.4 Å². The Morgan fingerprint density at radius 3 is 2.52 bits per heavy atom. The molecule has 2 rings (SSSR count). The molecule has 2 heterocycles. The van der Waals surface area contributed by atoms with Crippen LogP contribution in [0.25, 0.3) is 0 Å². The summed E-state index contributed by atoms with van der Waals surface area (Å²) >= 11 is 3.22. The molecule has 2 aliphatic rings. The molecule has 8 heteroatoms. The topological polar surface area (TPSA) is 92.8 Å². The molecule has 1 unspecified atom stereocenters. The van der Waals surface area contributed by atoms with Crippen LogP contribution in [0, 0.1) is 0 Å². The fraction of sp³-hybridized carbons (Fsp3) is 0.333. The summed E-state index contributed by atoms with van der Waals surface area (Å²) in [5, 5.41) is 2.14. The van der Waals surface area contributed by atoms with E-state index in [1.807, 2.05) is 0 Å². The number of carbonyl (C=O) groups excluding carboxylic acids is 4. The van der Waals surface area contributed by atoms with Crippen molar-refractivity contribution in [1.29, 1.82) is 0 Å². The van der Waals surface area contributed by atoms with E-state index in [-0.39, 0.29) is 29.7 Å². The van der Waals surface area contributed by atoms with Crippen LogP contribution in [-0.2, 0) is 23.9 Å². The number of ether oxygens (including phenoxy) is 1. The van der Waals surface area contributed by atoms with Gasteiger partial charge in [0.25, 0.3) is 11.8 Å². The summed E-state index contributed by atoms with van der Waals surface area (Å²) in [7, 11) is 1.37. The Kier molecular flexibility index (Phi) is 4.84. The molecule has 1 fully saturated rings.